The summed E-state index contributed by atoms with van der Waals surface area (Å²) in [7, 11) is 2.49. The average molecular weight is 679 g/mol. The highest BCUT2D eigenvalue weighted by Gasteiger charge is 2.42. The van der Waals surface area contributed by atoms with Gasteiger partial charge in [-0.25, -0.2) is 13.6 Å². The van der Waals surface area contributed by atoms with Crippen LogP contribution < -0.4 is 15.2 Å². The molecule has 1 rings (SSSR count). The van der Waals surface area contributed by atoms with Crippen LogP contribution in [0.2, 0.25) is 0 Å². The zero-order valence-corrected chi connectivity index (χ0v) is 29.0. The zero-order valence-electron chi connectivity index (χ0n) is 29.0. The van der Waals surface area contributed by atoms with Gasteiger partial charge in [-0.15, -0.1) is 5.92 Å². The maximum absolute atomic E-state index is 14.2. The fourth-order valence-electron chi connectivity index (χ4n) is 5.20. The summed E-state index contributed by atoms with van der Waals surface area (Å²) in [6.07, 6.45) is 9.41. The number of ether oxygens (including phenoxy) is 3. The van der Waals surface area contributed by atoms with Gasteiger partial charge in [0.25, 0.3) is 0 Å². The van der Waals surface area contributed by atoms with Gasteiger partial charge in [-0.3, -0.25) is 4.79 Å². The molecule has 48 heavy (non-hydrogen) atoms. The molecule has 1 aromatic rings. The van der Waals surface area contributed by atoms with E-state index in [9.17, 15) is 33.4 Å². The third-order valence-electron chi connectivity index (χ3n) is 8.13. The first-order valence-electron chi connectivity index (χ1n) is 16.9. The first-order chi connectivity index (χ1) is 22.9. The monoisotopic (exact) mass is 678 g/mol. The molecule has 0 aliphatic carbocycles. The Bertz CT molecular complexity index is 1180. The molecule has 9 nitrogen and oxygen atoms in total. The van der Waals surface area contributed by atoms with E-state index in [1.54, 1.807) is 37.3 Å². The molecule has 0 bridgehead atoms. The van der Waals surface area contributed by atoms with Crippen LogP contribution in [0.15, 0.2) is 36.4 Å². The first-order valence-corrected chi connectivity index (χ1v) is 16.9. The number of halogens is 2. The molecule has 0 unspecified atom stereocenters. The van der Waals surface area contributed by atoms with E-state index in [-0.39, 0.29) is 32.5 Å². The molecule has 2 N–H and O–H groups in total. The Kier molecular flexibility index (Phi) is 21.1. The Balaban J connectivity index is 2.89. The van der Waals surface area contributed by atoms with E-state index in [0.717, 1.165) is 32.8 Å². The van der Waals surface area contributed by atoms with Crippen LogP contribution in [-0.2, 0) is 30.3 Å². The van der Waals surface area contributed by atoms with Crippen molar-refractivity contribution < 1.29 is 47.6 Å². The topological polar surface area (TPSA) is 134 Å². The van der Waals surface area contributed by atoms with E-state index in [1.165, 1.54) is 13.2 Å². The zero-order chi connectivity index (χ0) is 35.8. The van der Waals surface area contributed by atoms with Crippen LogP contribution in [0.3, 0.4) is 0 Å². The number of benzene rings is 1. The van der Waals surface area contributed by atoms with Gasteiger partial charge in [0.1, 0.15) is 24.0 Å². The Morgan fingerprint density at radius 2 is 1.60 bits per heavy atom. The molecule has 3 atom stereocenters. The Morgan fingerprint density at radius 1 is 0.979 bits per heavy atom. The summed E-state index contributed by atoms with van der Waals surface area (Å²) in [6, 6.07) is 5.60. The number of nitrogens with one attached hydrogen (secondary N) is 1. The predicted octanol–water partition coefficient (Wildman–Crippen LogP) is 5.32. The molecular weight excluding hydrogens is 624 g/mol. The summed E-state index contributed by atoms with van der Waals surface area (Å²) in [4.78, 5) is 38.4. The molecule has 0 aliphatic rings. The van der Waals surface area contributed by atoms with E-state index in [2.05, 4.69) is 24.1 Å². The van der Waals surface area contributed by atoms with Crippen molar-refractivity contribution in [3.05, 3.63) is 42.0 Å². The molecule has 0 radical (unpaired) electrons. The minimum Gasteiger partial charge on any atom is -0.547 e. The molecule has 270 valence electrons. The minimum absolute atomic E-state index is 0.0175. The van der Waals surface area contributed by atoms with Gasteiger partial charge < -0.3 is 34.5 Å². The number of rotatable bonds is 26. The van der Waals surface area contributed by atoms with E-state index in [4.69, 9.17) is 14.2 Å². The van der Waals surface area contributed by atoms with Crippen molar-refractivity contribution in [2.45, 2.75) is 121 Å². The van der Waals surface area contributed by atoms with Crippen LogP contribution >= 0.6 is 0 Å². The van der Waals surface area contributed by atoms with Gasteiger partial charge in [-0.2, -0.15) is 0 Å². The number of aliphatic hydroxyl groups is 1. The SMILES string of the molecule is CC#CCOc1ccc(C[C@H](NC(=O)[C@@H](/C=C/CCCCCCC(F)(F)CCCCCCC)[C@@](O)(CCOC)C(=O)[O-])C(=O)OC)cc1. The molecule has 0 aliphatic heterocycles. The molecule has 0 aromatic heterocycles. The van der Waals surface area contributed by atoms with Crippen molar-refractivity contribution in [3.8, 4) is 17.6 Å². The summed E-state index contributed by atoms with van der Waals surface area (Å²) < 4.78 is 43.7. The molecule has 0 heterocycles. The third kappa shape index (κ3) is 16.6. The number of carboxylic acid groups (broad SMARTS) is 1. The number of methoxy groups -OCH3 is 2. The lowest BCUT2D eigenvalue weighted by atomic mass is 9.83. The van der Waals surface area contributed by atoms with Crippen molar-refractivity contribution >= 4 is 17.8 Å². The normalized spacial score (nSPS) is 14.0. The molecule has 11 heteroatoms. The number of amides is 1. The second-order valence-corrected chi connectivity index (χ2v) is 12.0. The summed E-state index contributed by atoms with van der Waals surface area (Å²) in [5.41, 5.74) is -1.98. The number of aliphatic carboxylic acids is 1. The first kappa shape index (κ1) is 42.5. The quantitative estimate of drug-likeness (QED) is 0.0583. The predicted molar refractivity (Wildman–Crippen MR) is 178 cm³/mol. The summed E-state index contributed by atoms with van der Waals surface area (Å²) >= 11 is 0. The summed E-state index contributed by atoms with van der Waals surface area (Å²) in [5.74, 6) is -1.75. The van der Waals surface area contributed by atoms with Crippen LogP contribution in [0.5, 0.6) is 5.75 Å². The lowest BCUT2D eigenvalue weighted by Crippen LogP contribution is -2.59. The second-order valence-electron chi connectivity index (χ2n) is 12.0. The summed E-state index contributed by atoms with van der Waals surface area (Å²) in [6.45, 7) is 3.83. The number of carbonyl (C=O) groups excluding carboxylic acids is 3. The van der Waals surface area contributed by atoms with Crippen LogP contribution in [0.4, 0.5) is 8.78 Å². The van der Waals surface area contributed by atoms with Gasteiger partial charge in [0, 0.05) is 39.4 Å². The van der Waals surface area contributed by atoms with Gasteiger partial charge in [0.2, 0.25) is 11.8 Å². The minimum atomic E-state index is -2.66. The highest BCUT2D eigenvalue weighted by Crippen LogP contribution is 2.29. The van der Waals surface area contributed by atoms with E-state index in [1.807, 2.05) is 0 Å². The number of allylic oxidation sites excluding steroid dienone is 1. The average Bonchev–Trinajstić information content (AvgIpc) is 3.06. The van der Waals surface area contributed by atoms with Crippen molar-refractivity contribution in [1.82, 2.24) is 5.32 Å². The third-order valence-corrected chi connectivity index (χ3v) is 8.13. The lowest BCUT2D eigenvalue weighted by molar-refractivity contribution is -0.327. The van der Waals surface area contributed by atoms with E-state index in [0.29, 0.717) is 49.8 Å². The fourth-order valence-corrected chi connectivity index (χ4v) is 5.20. The van der Waals surface area contributed by atoms with Gasteiger partial charge in [-0.05, 0) is 50.3 Å². The maximum Gasteiger partial charge on any atom is 0.328 e. The largest absolute Gasteiger partial charge is 0.547 e. The van der Waals surface area contributed by atoms with Gasteiger partial charge in [0.15, 0.2) is 0 Å². The highest BCUT2D eigenvalue weighted by molar-refractivity contribution is 5.92. The Labute approximate surface area is 284 Å². The van der Waals surface area contributed by atoms with Crippen molar-refractivity contribution in [3.63, 3.8) is 0 Å². The highest BCUT2D eigenvalue weighted by atomic mass is 19.3. The van der Waals surface area contributed by atoms with Gasteiger partial charge in [0.05, 0.1) is 19.0 Å². The van der Waals surface area contributed by atoms with Crippen molar-refractivity contribution in [1.29, 1.82) is 0 Å². The van der Waals surface area contributed by atoms with Crippen LogP contribution in [0.1, 0.15) is 103 Å². The number of alkyl halides is 2. The molecule has 1 amide bonds. The standard InChI is InChI=1S/C37H55F2NO8/c1-5-7-9-13-16-23-36(38,39)24-17-14-11-10-12-15-18-31(37(45,35(43)44)25-27-46-3)33(41)40-32(34(42)47-4)28-29-19-21-30(22-20-29)48-26-8-6-2/h15,18-22,31-32,45H,5,7,9-14,16-17,23-28H2,1-4H3,(H,40,41)(H,43,44)/p-1/b18-15+/t31-,32+,37+/m1/s1. The number of hydrogen-bond acceptors (Lipinski definition) is 8. The molecule has 0 saturated carbocycles. The number of hydrogen-bond donors (Lipinski definition) is 2. The van der Waals surface area contributed by atoms with Crippen molar-refractivity contribution in [2.24, 2.45) is 5.92 Å². The molecule has 0 saturated heterocycles. The maximum atomic E-state index is 14.2. The Hall–Kier alpha value is -3.49. The molecular formula is C37H54F2NO8-. The van der Waals surface area contributed by atoms with E-state index >= 15 is 0 Å². The number of carboxylic acids is 1. The number of carbonyl (C=O) groups is 3. The van der Waals surface area contributed by atoms with Crippen LogP contribution in [0.25, 0.3) is 0 Å². The Morgan fingerprint density at radius 3 is 2.17 bits per heavy atom. The van der Waals surface area contributed by atoms with Crippen LogP contribution in [-0.4, -0.2) is 68.0 Å². The second kappa shape index (κ2) is 23.8. The fraction of sp³-hybridized carbons (Fsp3) is 0.649. The number of esters is 1. The van der Waals surface area contributed by atoms with E-state index < -0.39 is 47.7 Å². The van der Waals surface area contributed by atoms with Crippen molar-refractivity contribution in [2.75, 3.05) is 27.4 Å². The molecule has 0 spiro atoms. The smallest absolute Gasteiger partial charge is 0.328 e. The summed E-state index contributed by atoms with van der Waals surface area (Å²) in [5, 5.41) is 25.9. The molecule has 0 fully saturated rings. The molecule has 1 aromatic carbocycles. The lowest BCUT2D eigenvalue weighted by Gasteiger charge is -2.35. The number of unbranched alkanes of at least 4 members (excludes halogenated alkanes) is 8. The van der Waals surface area contributed by atoms with Gasteiger partial charge in [-0.1, -0.05) is 75.7 Å². The van der Waals surface area contributed by atoms with Gasteiger partial charge >= 0.3 is 5.97 Å². The van der Waals surface area contributed by atoms with Crippen LogP contribution in [0, 0.1) is 17.8 Å².